The fourth-order valence-electron chi connectivity index (χ4n) is 4.19. The third-order valence-electron chi connectivity index (χ3n) is 5.13. The predicted molar refractivity (Wildman–Crippen MR) is 64.3 cm³/mol. The van der Waals surface area contributed by atoms with Gasteiger partial charge in [-0.1, -0.05) is 0 Å². The Bertz CT molecular complexity index is 542. The third-order valence-corrected chi connectivity index (χ3v) is 5.13. The van der Waals surface area contributed by atoms with Crippen LogP contribution in [0, 0.1) is 5.92 Å². The molecule has 4 fully saturated rings. The maximum absolute atomic E-state index is 10.6. The average molecular weight is 303 g/mol. The lowest BCUT2D eigenvalue weighted by Crippen LogP contribution is -2.94. The Morgan fingerprint density at radius 2 is 1.81 bits per heavy atom. The Hall–Kier alpha value is -1.01. The van der Waals surface area contributed by atoms with Crippen molar-refractivity contribution >= 4 is 5.96 Å². The Labute approximate surface area is 118 Å². The summed E-state index contributed by atoms with van der Waals surface area (Å²) in [6.45, 7) is 1.36. The molecule has 1 spiro atoms. The summed E-state index contributed by atoms with van der Waals surface area (Å²) in [5.41, 5.74) is 2.27. The van der Waals surface area contributed by atoms with E-state index in [1.807, 2.05) is 0 Å². The quantitative estimate of drug-likeness (QED) is 0.233. The van der Waals surface area contributed by atoms with Gasteiger partial charge in [0.25, 0.3) is 0 Å². The molecule has 0 aromatic rings. The van der Waals surface area contributed by atoms with Crippen LogP contribution in [-0.2, 0) is 9.47 Å². The van der Waals surface area contributed by atoms with Gasteiger partial charge < -0.3 is 46.1 Å². The molecule has 8 N–H and O–H groups in total. The molecule has 10 heteroatoms. The van der Waals surface area contributed by atoms with Crippen molar-refractivity contribution in [2.75, 3.05) is 0 Å². The average Bonchev–Trinajstić information content (AvgIpc) is 2.36. The summed E-state index contributed by atoms with van der Waals surface area (Å²) in [5.74, 6) is -3.62. The van der Waals surface area contributed by atoms with Crippen LogP contribution in [0.1, 0.15) is 6.92 Å². The van der Waals surface area contributed by atoms with Gasteiger partial charge >= 0.3 is 5.97 Å². The summed E-state index contributed by atoms with van der Waals surface area (Å²) < 4.78 is 10.4. The zero-order valence-corrected chi connectivity index (χ0v) is 11.0. The number of nitrogens with two attached hydrogens (primary N) is 1. The van der Waals surface area contributed by atoms with Gasteiger partial charge in [-0.3, -0.25) is 0 Å². The van der Waals surface area contributed by atoms with Crippen LogP contribution in [-0.4, -0.2) is 79.2 Å². The smallest absolute Gasteiger partial charge is 0.311 e. The number of aliphatic hydroxyl groups excluding tert-OH is 3. The highest BCUT2D eigenvalue weighted by molar-refractivity contribution is 5.80. The van der Waals surface area contributed by atoms with Crippen LogP contribution in [0.15, 0.2) is 4.99 Å². The number of ether oxygens (including phenoxy) is 2. The van der Waals surface area contributed by atoms with Crippen LogP contribution in [0.3, 0.4) is 0 Å². The summed E-state index contributed by atoms with van der Waals surface area (Å²) in [4.78, 5) is 3.74. The van der Waals surface area contributed by atoms with Gasteiger partial charge in [0, 0.05) is 0 Å². The number of nitrogens with zero attached hydrogens (tertiary/aromatic N) is 1. The minimum absolute atomic E-state index is 0.193. The molecule has 21 heavy (non-hydrogen) atoms. The number of rotatable bonds is 0. The number of hydrogen-bond acceptors (Lipinski definition) is 10. The minimum Gasteiger partial charge on any atom is -0.388 e. The van der Waals surface area contributed by atoms with Crippen LogP contribution in [0.25, 0.3) is 0 Å². The van der Waals surface area contributed by atoms with Crippen LogP contribution < -0.4 is 11.1 Å². The van der Waals surface area contributed by atoms with Crippen LogP contribution in [0.4, 0.5) is 0 Å². The van der Waals surface area contributed by atoms with Gasteiger partial charge in [-0.25, -0.2) is 4.99 Å². The molecule has 1 saturated carbocycles. The van der Waals surface area contributed by atoms with E-state index >= 15 is 0 Å². The van der Waals surface area contributed by atoms with E-state index in [1.54, 1.807) is 0 Å². The lowest BCUT2D eigenvalue weighted by molar-refractivity contribution is -0.545. The maximum Gasteiger partial charge on any atom is 0.311 e. The molecule has 10 nitrogen and oxygen atoms in total. The van der Waals surface area contributed by atoms with Crippen molar-refractivity contribution in [1.29, 1.82) is 0 Å². The first-order valence-corrected chi connectivity index (χ1v) is 6.60. The van der Waals surface area contributed by atoms with Crippen LogP contribution in [0.2, 0.25) is 0 Å². The van der Waals surface area contributed by atoms with Crippen molar-refractivity contribution in [2.24, 2.45) is 16.6 Å². The van der Waals surface area contributed by atoms with Crippen molar-refractivity contribution < 1.29 is 35.0 Å². The summed E-state index contributed by atoms with van der Waals surface area (Å²) in [6, 6.07) is 0. The summed E-state index contributed by atoms with van der Waals surface area (Å²) in [6.07, 6.45) is -6.96. The standard InChI is InChI=1S/C11H17N3O7/c1-9(18)4-2-6(16)13-8(12)14-10(2)3(15)5(9)21-11(19,20-4)7(10)17/h2-7,15-19H,1H3,(H3,12,13,14)/t2-,3?,4+,5-,6+,7+,9+,10-,11-/m1/s1. The highest BCUT2D eigenvalue weighted by Crippen LogP contribution is 2.58. The zero-order chi connectivity index (χ0) is 15.4. The molecule has 5 rings (SSSR count). The maximum atomic E-state index is 10.6. The molecule has 4 aliphatic heterocycles. The van der Waals surface area contributed by atoms with E-state index in [-0.39, 0.29) is 5.96 Å². The van der Waals surface area contributed by atoms with E-state index in [9.17, 15) is 25.5 Å². The number of guanidine groups is 1. The normalized spacial score (nSPS) is 64.8. The monoisotopic (exact) mass is 303 g/mol. The van der Waals surface area contributed by atoms with Crippen LogP contribution in [0.5, 0.6) is 0 Å². The Balaban J connectivity index is 1.95. The summed E-state index contributed by atoms with van der Waals surface area (Å²) in [7, 11) is 0. The highest BCUT2D eigenvalue weighted by Gasteiger charge is 2.82. The topological polar surface area (TPSA) is 170 Å². The number of aliphatic hydroxyl groups is 5. The summed E-state index contributed by atoms with van der Waals surface area (Å²) >= 11 is 0. The van der Waals surface area contributed by atoms with Crippen molar-refractivity contribution in [2.45, 2.75) is 54.7 Å². The van der Waals surface area contributed by atoms with E-state index in [0.29, 0.717) is 0 Å². The number of hydrogen-bond donors (Lipinski definition) is 7. The SMILES string of the molecule is C[C@@]1(O)[C@@H]2O[C@]3(O)O[C@H]1[C@@H]1[C@H](O)N=C(N)N[C@]1(C2O)[C@@H]3O. The lowest BCUT2D eigenvalue weighted by atomic mass is 9.55. The Morgan fingerprint density at radius 3 is 2.48 bits per heavy atom. The highest BCUT2D eigenvalue weighted by atomic mass is 16.9. The summed E-state index contributed by atoms with van der Waals surface area (Å²) in [5, 5.41) is 54.7. The molecule has 0 amide bonds. The van der Waals surface area contributed by atoms with E-state index in [0.717, 1.165) is 0 Å². The van der Waals surface area contributed by atoms with E-state index in [4.69, 9.17) is 15.2 Å². The van der Waals surface area contributed by atoms with Gasteiger partial charge in [0.1, 0.15) is 29.5 Å². The minimum atomic E-state index is -2.41. The molecular formula is C11H17N3O7. The van der Waals surface area contributed by atoms with Gasteiger partial charge in [-0.2, -0.15) is 0 Å². The largest absolute Gasteiger partial charge is 0.388 e. The first-order chi connectivity index (χ1) is 9.64. The molecule has 4 heterocycles. The van der Waals surface area contributed by atoms with E-state index < -0.39 is 53.7 Å². The van der Waals surface area contributed by atoms with Gasteiger partial charge in [0.05, 0.1) is 5.92 Å². The second kappa shape index (κ2) is 3.49. The molecule has 4 bridgehead atoms. The molecule has 5 aliphatic rings. The molecule has 0 aromatic carbocycles. The second-order valence-corrected chi connectivity index (χ2v) is 6.29. The molecule has 1 unspecified atom stereocenters. The Kier molecular flexibility index (Phi) is 2.26. The molecule has 0 aromatic heterocycles. The molecular weight excluding hydrogens is 286 g/mol. The number of aliphatic imine (C=N–C) groups is 1. The third kappa shape index (κ3) is 1.26. The van der Waals surface area contributed by atoms with Crippen molar-refractivity contribution in [3.05, 3.63) is 0 Å². The molecule has 0 radical (unpaired) electrons. The van der Waals surface area contributed by atoms with Gasteiger partial charge in [-0.15, -0.1) is 0 Å². The van der Waals surface area contributed by atoms with Crippen molar-refractivity contribution in [1.82, 2.24) is 5.32 Å². The fourth-order valence-corrected chi connectivity index (χ4v) is 4.19. The predicted octanol–water partition coefficient (Wildman–Crippen LogP) is -4.49. The van der Waals surface area contributed by atoms with Crippen molar-refractivity contribution in [3.63, 3.8) is 0 Å². The van der Waals surface area contributed by atoms with E-state index in [2.05, 4.69) is 10.3 Å². The second-order valence-electron chi connectivity index (χ2n) is 6.29. The zero-order valence-electron chi connectivity index (χ0n) is 11.0. The van der Waals surface area contributed by atoms with Gasteiger partial charge in [0.2, 0.25) is 0 Å². The van der Waals surface area contributed by atoms with Gasteiger partial charge in [-0.05, 0) is 6.92 Å². The number of nitrogens with one attached hydrogen (secondary N) is 1. The lowest BCUT2D eigenvalue weighted by Gasteiger charge is -2.71. The molecule has 118 valence electrons. The first-order valence-electron chi connectivity index (χ1n) is 6.60. The Morgan fingerprint density at radius 1 is 1.19 bits per heavy atom. The molecule has 9 atom stereocenters. The fraction of sp³-hybridized carbons (Fsp3) is 0.909. The van der Waals surface area contributed by atoms with Gasteiger partial charge in [0.15, 0.2) is 18.3 Å². The van der Waals surface area contributed by atoms with E-state index in [1.165, 1.54) is 6.92 Å². The molecule has 1 aliphatic carbocycles. The first kappa shape index (κ1) is 13.6. The van der Waals surface area contributed by atoms with Crippen molar-refractivity contribution in [3.8, 4) is 0 Å². The van der Waals surface area contributed by atoms with Crippen LogP contribution >= 0.6 is 0 Å². The molecule has 3 saturated heterocycles.